The third kappa shape index (κ3) is 7.43. The van der Waals surface area contributed by atoms with Gasteiger partial charge in [-0.15, -0.1) is 0 Å². The minimum Gasteiger partial charge on any atom is -0.394 e. The summed E-state index contributed by atoms with van der Waals surface area (Å²) in [5.74, 6) is 0.555. The van der Waals surface area contributed by atoms with Crippen LogP contribution in [-0.2, 0) is 37.9 Å². The van der Waals surface area contributed by atoms with Crippen molar-refractivity contribution in [1.82, 2.24) is 0 Å². The minimum absolute atomic E-state index is 0.00148. The van der Waals surface area contributed by atoms with Crippen LogP contribution >= 0.6 is 0 Å². The third-order valence-electron chi connectivity index (χ3n) is 17.6. The van der Waals surface area contributed by atoms with E-state index in [1.165, 1.54) is 6.92 Å². The third-order valence-corrected chi connectivity index (χ3v) is 17.6. The number of ether oxygens (including phenoxy) is 8. The summed E-state index contributed by atoms with van der Waals surface area (Å²) in [6, 6.07) is 0. The van der Waals surface area contributed by atoms with Crippen LogP contribution in [0.3, 0.4) is 0 Å². The van der Waals surface area contributed by atoms with E-state index in [1.54, 1.807) is 0 Å². The Balaban J connectivity index is 0.952. The van der Waals surface area contributed by atoms with Crippen molar-refractivity contribution in [2.45, 2.75) is 195 Å². The Morgan fingerprint density at radius 1 is 0.719 bits per heavy atom. The molecular formula is C45H70O19. The molecule has 5 aliphatic heterocycles. The van der Waals surface area contributed by atoms with Gasteiger partial charge in [0.15, 0.2) is 24.7 Å². The molecule has 0 amide bonds. The van der Waals surface area contributed by atoms with Crippen LogP contribution in [0.5, 0.6) is 0 Å². The van der Waals surface area contributed by atoms with Gasteiger partial charge in [0, 0.05) is 17.8 Å². The van der Waals surface area contributed by atoms with Crippen LogP contribution in [-0.4, -0.2) is 198 Å². The van der Waals surface area contributed by atoms with E-state index in [9.17, 15) is 56.2 Å². The quantitative estimate of drug-likeness (QED) is 0.118. The SMILES string of the molecule is C=C1CC[C@@]2(OC1)O[C@H]1C[C@H]3[C@@H]4CC=C5C[C@@H](O[C@@H]6O[C@H](CO)[C@H](O[C@@H]7O[C@H](CO)[C@@H](O)[C@H](O)[C@H]7O)[C@H](O)[C@H]6O[C@@H]6O[C@@H](C)[C@H](O)[C@@H](O)[C@H]6O)[C@H](O)[C@@H](O)[C@]5(C)[C@H]4CC[C@]3(C)C1C2C. The van der Waals surface area contributed by atoms with E-state index >= 15 is 0 Å². The molecule has 5 heterocycles. The number of aliphatic hydroxyl groups is 11. The van der Waals surface area contributed by atoms with Gasteiger partial charge in [0.1, 0.15) is 73.2 Å². The number of aliphatic hydroxyl groups excluding tert-OH is 11. The van der Waals surface area contributed by atoms with E-state index in [2.05, 4.69) is 26.5 Å². The highest BCUT2D eigenvalue weighted by Gasteiger charge is 2.70. The largest absolute Gasteiger partial charge is 0.394 e. The second-order valence-electron chi connectivity index (χ2n) is 20.8. The number of fused-ring (bicyclic) bond motifs is 7. The maximum Gasteiger partial charge on any atom is 0.187 e. The van der Waals surface area contributed by atoms with E-state index < -0.39 is 135 Å². The van der Waals surface area contributed by atoms with Gasteiger partial charge in [-0.25, -0.2) is 0 Å². The second-order valence-corrected chi connectivity index (χ2v) is 20.8. The number of rotatable bonds is 8. The molecular weight excluding hydrogens is 844 g/mol. The summed E-state index contributed by atoms with van der Waals surface area (Å²) in [4.78, 5) is 0. The van der Waals surface area contributed by atoms with Gasteiger partial charge in [-0.3, -0.25) is 0 Å². The van der Waals surface area contributed by atoms with Crippen molar-refractivity contribution in [2.24, 2.45) is 40.4 Å². The Morgan fingerprint density at radius 3 is 2.05 bits per heavy atom. The van der Waals surface area contributed by atoms with Crippen LogP contribution in [0.2, 0.25) is 0 Å². The highest BCUT2D eigenvalue weighted by Crippen LogP contribution is 2.70. The van der Waals surface area contributed by atoms with Crippen molar-refractivity contribution in [3.63, 3.8) is 0 Å². The Kier molecular flexibility index (Phi) is 13.1. The molecule has 2 unspecified atom stereocenters. The van der Waals surface area contributed by atoms with E-state index in [1.807, 2.05) is 6.92 Å². The molecule has 19 nitrogen and oxygen atoms in total. The number of allylic oxidation sites excluding steroid dienone is 1. The highest BCUT2D eigenvalue weighted by molar-refractivity contribution is 5.30. The zero-order chi connectivity index (χ0) is 45.9. The molecule has 1 spiro atoms. The smallest absolute Gasteiger partial charge is 0.187 e. The average Bonchev–Trinajstić information content (AvgIpc) is 3.72. The molecule has 9 aliphatic rings. The fraction of sp³-hybridized carbons (Fsp3) is 0.911. The minimum atomic E-state index is -1.89. The molecule has 27 atom stereocenters. The molecule has 19 heteroatoms. The fourth-order valence-electron chi connectivity index (χ4n) is 13.9. The first-order valence-electron chi connectivity index (χ1n) is 23.2. The first-order chi connectivity index (χ1) is 30.3. The van der Waals surface area contributed by atoms with Crippen molar-refractivity contribution in [3.8, 4) is 0 Å². The van der Waals surface area contributed by atoms with Crippen molar-refractivity contribution in [2.75, 3.05) is 19.8 Å². The summed E-state index contributed by atoms with van der Waals surface area (Å²) >= 11 is 0. The van der Waals surface area contributed by atoms with Crippen LogP contribution in [0.1, 0.15) is 72.6 Å². The Labute approximate surface area is 372 Å². The lowest BCUT2D eigenvalue weighted by atomic mass is 9.46. The highest BCUT2D eigenvalue weighted by atomic mass is 16.8. The first-order valence-corrected chi connectivity index (χ1v) is 23.2. The zero-order valence-electron chi connectivity index (χ0n) is 36.9. The number of hydrogen-bond donors (Lipinski definition) is 11. The van der Waals surface area contributed by atoms with E-state index in [0.29, 0.717) is 18.4 Å². The molecule has 4 aliphatic carbocycles. The Morgan fingerprint density at radius 2 is 1.38 bits per heavy atom. The molecule has 0 radical (unpaired) electrons. The van der Waals surface area contributed by atoms with Gasteiger partial charge >= 0.3 is 0 Å². The van der Waals surface area contributed by atoms with Gasteiger partial charge in [-0.1, -0.05) is 44.6 Å². The van der Waals surface area contributed by atoms with Crippen LogP contribution in [0.15, 0.2) is 23.8 Å². The molecule has 0 aromatic rings. The molecule has 11 N–H and O–H groups in total. The Bertz CT molecular complexity index is 1720. The van der Waals surface area contributed by atoms with Crippen molar-refractivity contribution in [1.29, 1.82) is 0 Å². The van der Waals surface area contributed by atoms with Crippen molar-refractivity contribution in [3.05, 3.63) is 23.8 Å². The van der Waals surface area contributed by atoms with Crippen LogP contribution in [0.25, 0.3) is 0 Å². The van der Waals surface area contributed by atoms with Gasteiger partial charge in [-0.05, 0) is 74.5 Å². The van der Waals surface area contributed by atoms with Gasteiger partial charge in [0.05, 0.1) is 44.2 Å². The molecule has 0 aromatic heterocycles. The maximum absolute atomic E-state index is 12.3. The molecule has 3 saturated carbocycles. The predicted octanol–water partition coefficient (Wildman–Crippen LogP) is -1.92. The molecule has 9 rings (SSSR count). The van der Waals surface area contributed by atoms with E-state index in [4.69, 9.17) is 37.9 Å². The van der Waals surface area contributed by atoms with Crippen molar-refractivity contribution < 1.29 is 94.1 Å². The molecule has 364 valence electrons. The second kappa shape index (κ2) is 17.6. The normalized spacial score (nSPS) is 57.4. The van der Waals surface area contributed by atoms with E-state index in [-0.39, 0.29) is 35.7 Å². The summed E-state index contributed by atoms with van der Waals surface area (Å²) < 4.78 is 49.1. The summed E-state index contributed by atoms with van der Waals surface area (Å²) in [5.41, 5.74) is 1.19. The summed E-state index contributed by atoms with van der Waals surface area (Å²) in [7, 11) is 0. The molecule has 8 fully saturated rings. The molecule has 64 heavy (non-hydrogen) atoms. The lowest BCUT2D eigenvalue weighted by molar-refractivity contribution is -0.392. The fourth-order valence-corrected chi connectivity index (χ4v) is 13.9. The van der Waals surface area contributed by atoms with E-state index in [0.717, 1.165) is 49.7 Å². The average molecular weight is 915 g/mol. The van der Waals surface area contributed by atoms with Gasteiger partial charge < -0.3 is 94.1 Å². The Hall–Kier alpha value is -1.28. The van der Waals surface area contributed by atoms with Gasteiger partial charge in [0.25, 0.3) is 0 Å². The first kappa shape index (κ1) is 47.8. The molecule has 0 bridgehead atoms. The lowest BCUT2D eigenvalue weighted by Gasteiger charge is -2.60. The van der Waals surface area contributed by atoms with Gasteiger partial charge in [0.2, 0.25) is 0 Å². The molecule has 5 saturated heterocycles. The zero-order valence-corrected chi connectivity index (χ0v) is 36.9. The maximum atomic E-state index is 12.3. The summed E-state index contributed by atoms with van der Waals surface area (Å²) in [5, 5.41) is 120. The standard InChI is InChI=1S/C45H70O19/c1-17-8-11-45(57-16-17)18(2)28-24(64-45)13-23-21-7-6-20-12-25(31(50)39(56)44(20,5)22(21)9-10-43(23,28)4)59-42-38(63-40-34(53)32(51)29(48)19(3)58-40)36(55)37(27(15-47)61-42)62-41-35(54)33(52)30(49)26(14-46)60-41/h6,18-19,21-42,46-56H,1,7-16H2,2-5H3/t18?,19-,21+,22-,23-,24-,25+,26+,27+,28?,29-,30+,31-,32+,33-,34+,35+,36-,37-,38+,39+,40-,41-,42+,43-,44-,45+/m0/s1. The van der Waals surface area contributed by atoms with Crippen LogP contribution in [0.4, 0.5) is 0 Å². The molecule has 0 aromatic carbocycles. The number of hydrogen-bond acceptors (Lipinski definition) is 19. The summed E-state index contributed by atoms with van der Waals surface area (Å²) in [6.45, 7) is 11.2. The predicted molar refractivity (Wildman–Crippen MR) is 217 cm³/mol. The summed E-state index contributed by atoms with van der Waals surface area (Å²) in [6.07, 6.45) is -21.0. The van der Waals surface area contributed by atoms with Gasteiger partial charge in [-0.2, -0.15) is 0 Å². The monoisotopic (exact) mass is 914 g/mol. The van der Waals surface area contributed by atoms with Crippen LogP contribution in [0, 0.1) is 40.4 Å². The lowest BCUT2D eigenvalue weighted by Crippen LogP contribution is -2.67. The van der Waals surface area contributed by atoms with Crippen LogP contribution < -0.4 is 0 Å². The van der Waals surface area contributed by atoms with Crippen molar-refractivity contribution >= 4 is 0 Å². The topological polar surface area (TPSA) is 296 Å².